The lowest BCUT2D eigenvalue weighted by atomic mass is 10.4. The average Bonchev–Trinajstić information content (AvgIpc) is 2.48. The molecule has 3 N–H and O–H groups in total. The number of imidazole rings is 1. The Hall–Kier alpha value is -1.14. The first-order valence-corrected chi connectivity index (χ1v) is 4.18. The van der Waals surface area contributed by atoms with Crippen LogP contribution in [0.15, 0.2) is 6.20 Å². The smallest absolute Gasteiger partial charge is 0.239 e. The minimum absolute atomic E-state index is 0.134. The molecule has 0 atom stereocenters. The molecule has 0 aliphatic carbocycles. The Balaban J connectivity index is 2.92. The summed E-state index contributed by atoms with van der Waals surface area (Å²) in [7, 11) is 1.55. The lowest BCUT2D eigenvalue weighted by Gasteiger charge is -2.04. The van der Waals surface area contributed by atoms with Crippen molar-refractivity contribution in [2.24, 2.45) is 0 Å². The summed E-state index contributed by atoms with van der Waals surface area (Å²) in [5, 5.41) is 11.4. The number of aromatic nitrogens is 2. The molecule has 0 unspecified atom stereocenters. The van der Waals surface area contributed by atoms with Gasteiger partial charge in [0.1, 0.15) is 6.54 Å². The molecule has 0 saturated carbocycles. The number of aliphatic hydroxyl groups excluding tert-OH is 1. The summed E-state index contributed by atoms with van der Waals surface area (Å²) in [6, 6.07) is 0. The lowest BCUT2D eigenvalue weighted by molar-refractivity contribution is -0.121. The molecule has 0 aliphatic rings. The topological polar surface area (TPSA) is 70.1 Å². The van der Waals surface area contributed by atoms with E-state index in [9.17, 15) is 4.79 Å². The SMILES string of the molecule is CNC(=O)Cn1c(CO)c[nH]c1=S. The van der Waals surface area contributed by atoms with Crippen molar-refractivity contribution in [3.63, 3.8) is 0 Å². The van der Waals surface area contributed by atoms with E-state index in [1.165, 1.54) is 0 Å². The van der Waals surface area contributed by atoms with Gasteiger partial charge in [0.25, 0.3) is 0 Å². The van der Waals surface area contributed by atoms with Crippen LogP contribution in [0.2, 0.25) is 0 Å². The average molecular weight is 201 g/mol. The molecule has 0 fully saturated rings. The van der Waals surface area contributed by atoms with E-state index in [1.54, 1.807) is 17.8 Å². The van der Waals surface area contributed by atoms with Crippen LogP contribution < -0.4 is 5.32 Å². The summed E-state index contributed by atoms with van der Waals surface area (Å²) in [5.74, 6) is -0.148. The first kappa shape index (κ1) is 9.94. The van der Waals surface area contributed by atoms with Gasteiger partial charge < -0.3 is 20.0 Å². The van der Waals surface area contributed by atoms with Crippen LogP contribution in [0.4, 0.5) is 0 Å². The van der Waals surface area contributed by atoms with Gasteiger partial charge >= 0.3 is 0 Å². The van der Waals surface area contributed by atoms with Crippen molar-refractivity contribution >= 4 is 18.1 Å². The maximum Gasteiger partial charge on any atom is 0.239 e. The van der Waals surface area contributed by atoms with E-state index in [-0.39, 0.29) is 19.1 Å². The zero-order chi connectivity index (χ0) is 9.84. The van der Waals surface area contributed by atoms with Crippen LogP contribution in [0.25, 0.3) is 0 Å². The number of likely N-dealkylation sites (N-methyl/N-ethyl adjacent to an activating group) is 1. The number of nitrogens with one attached hydrogen (secondary N) is 2. The van der Waals surface area contributed by atoms with Gasteiger partial charge in [-0.2, -0.15) is 0 Å². The Morgan fingerprint density at radius 2 is 2.54 bits per heavy atom. The van der Waals surface area contributed by atoms with Gasteiger partial charge in [0.2, 0.25) is 5.91 Å². The number of rotatable bonds is 3. The van der Waals surface area contributed by atoms with Crippen molar-refractivity contribution in [2.75, 3.05) is 7.05 Å². The summed E-state index contributed by atoms with van der Waals surface area (Å²) in [5.41, 5.74) is 0.605. The summed E-state index contributed by atoms with van der Waals surface area (Å²) in [4.78, 5) is 13.8. The van der Waals surface area contributed by atoms with Crippen LogP contribution in [0.1, 0.15) is 5.69 Å². The van der Waals surface area contributed by atoms with Crippen molar-refractivity contribution in [1.82, 2.24) is 14.9 Å². The van der Waals surface area contributed by atoms with E-state index in [0.717, 1.165) is 0 Å². The highest BCUT2D eigenvalue weighted by atomic mass is 32.1. The molecule has 1 aromatic heterocycles. The number of hydrogen-bond acceptors (Lipinski definition) is 3. The van der Waals surface area contributed by atoms with E-state index in [1.807, 2.05) is 0 Å². The standard InChI is InChI=1S/C7H11N3O2S/c1-8-6(12)3-10-5(4-11)2-9-7(10)13/h2,11H,3-4H2,1H3,(H,8,12)(H,9,13). The Bertz CT molecular complexity index is 355. The summed E-state index contributed by atoms with van der Waals surface area (Å²) in [6.45, 7) is -0.00113. The summed E-state index contributed by atoms with van der Waals surface area (Å²) >= 11 is 4.92. The number of carbonyl (C=O) groups is 1. The fourth-order valence-corrected chi connectivity index (χ4v) is 1.20. The van der Waals surface area contributed by atoms with Crippen LogP contribution >= 0.6 is 12.2 Å². The molecule has 0 radical (unpaired) electrons. The largest absolute Gasteiger partial charge is 0.390 e. The zero-order valence-corrected chi connectivity index (χ0v) is 8.02. The number of amides is 1. The Morgan fingerprint density at radius 1 is 1.85 bits per heavy atom. The molecule has 0 aliphatic heterocycles. The van der Waals surface area contributed by atoms with Crippen molar-refractivity contribution in [2.45, 2.75) is 13.2 Å². The van der Waals surface area contributed by atoms with Gasteiger partial charge in [-0.1, -0.05) is 0 Å². The lowest BCUT2D eigenvalue weighted by Crippen LogP contribution is -2.24. The fourth-order valence-electron chi connectivity index (χ4n) is 0.958. The molecule has 6 heteroatoms. The summed E-state index contributed by atoms with van der Waals surface area (Å²) in [6.07, 6.45) is 1.59. The minimum atomic E-state index is -0.148. The Labute approximate surface area is 80.4 Å². The van der Waals surface area contributed by atoms with Crippen molar-refractivity contribution in [1.29, 1.82) is 0 Å². The molecule has 1 amide bonds. The molecular formula is C7H11N3O2S. The molecule has 0 bridgehead atoms. The van der Waals surface area contributed by atoms with Gasteiger partial charge in [0.15, 0.2) is 4.77 Å². The molecule has 1 heterocycles. The number of carbonyl (C=O) groups excluding carboxylic acids is 1. The third-order valence-electron chi connectivity index (χ3n) is 1.70. The molecule has 0 saturated heterocycles. The molecule has 13 heavy (non-hydrogen) atoms. The molecule has 1 rings (SSSR count). The first-order chi connectivity index (χ1) is 6.19. The van der Waals surface area contributed by atoms with Gasteiger partial charge in [0, 0.05) is 13.2 Å². The number of H-pyrrole nitrogens is 1. The monoisotopic (exact) mass is 201 g/mol. The van der Waals surface area contributed by atoms with E-state index in [0.29, 0.717) is 10.5 Å². The van der Waals surface area contributed by atoms with E-state index < -0.39 is 0 Å². The second kappa shape index (κ2) is 4.20. The highest BCUT2D eigenvalue weighted by Crippen LogP contribution is 2.00. The second-order valence-corrected chi connectivity index (χ2v) is 2.89. The number of aromatic amines is 1. The Kier molecular flexibility index (Phi) is 3.21. The minimum Gasteiger partial charge on any atom is -0.390 e. The number of hydrogen-bond donors (Lipinski definition) is 3. The Morgan fingerprint density at radius 3 is 3.08 bits per heavy atom. The third kappa shape index (κ3) is 2.16. The van der Waals surface area contributed by atoms with Gasteiger partial charge in [-0.3, -0.25) is 4.79 Å². The first-order valence-electron chi connectivity index (χ1n) is 3.77. The highest BCUT2D eigenvalue weighted by Gasteiger charge is 2.05. The third-order valence-corrected chi connectivity index (χ3v) is 2.03. The predicted octanol–water partition coefficient (Wildman–Crippen LogP) is -0.216. The van der Waals surface area contributed by atoms with Crippen LogP contribution in [-0.4, -0.2) is 27.6 Å². The van der Waals surface area contributed by atoms with Crippen LogP contribution in [-0.2, 0) is 17.9 Å². The molecule has 0 spiro atoms. The van der Waals surface area contributed by atoms with Gasteiger partial charge in [-0.15, -0.1) is 0 Å². The van der Waals surface area contributed by atoms with Crippen LogP contribution in [0, 0.1) is 4.77 Å². The van der Waals surface area contributed by atoms with Crippen molar-refractivity contribution in [3.8, 4) is 0 Å². The van der Waals surface area contributed by atoms with Crippen LogP contribution in [0.5, 0.6) is 0 Å². The molecule has 1 aromatic rings. The van der Waals surface area contributed by atoms with Crippen molar-refractivity contribution in [3.05, 3.63) is 16.7 Å². The molecule has 5 nitrogen and oxygen atoms in total. The fraction of sp³-hybridized carbons (Fsp3) is 0.429. The van der Waals surface area contributed by atoms with Crippen LogP contribution in [0.3, 0.4) is 0 Å². The zero-order valence-electron chi connectivity index (χ0n) is 7.20. The summed E-state index contributed by atoms with van der Waals surface area (Å²) < 4.78 is 1.99. The molecular weight excluding hydrogens is 190 g/mol. The van der Waals surface area contributed by atoms with Gasteiger partial charge in [-0.25, -0.2) is 0 Å². The second-order valence-electron chi connectivity index (χ2n) is 2.50. The predicted molar refractivity (Wildman–Crippen MR) is 49.6 cm³/mol. The maximum atomic E-state index is 11.0. The van der Waals surface area contributed by atoms with E-state index >= 15 is 0 Å². The molecule has 0 aromatic carbocycles. The maximum absolute atomic E-state index is 11.0. The van der Waals surface area contributed by atoms with Gasteiger partial charge in [-0.05, 0) is 12.2 Å². The quantitative estimate of drug-likeness (QED) is 0.592. The van der Waals surface area contributed by atoms with Crippen molar-refractivity contribution < 1.29 is 9.90 Å². The number of nitrogens with zero attached hydrogens (tertiary/aromatic N) is 1. The molecule has 72 valence electrons. The highest BCUT2D eigenvalue weighted by molar-refractivity contribution is 7.71. The van der Waals surface area contributed by atoms with Gasteiger partial charge in [0.05, 0.1) is 12.3 Å². The van der Waals surface area contributed by atoms with E-state index in [4.69, 9.17) is 17.3 Å². The number of aliphatic hydroxyl groups is 1. The normalized spacial score (nSPS) is 10.0. The van der Waals surface area contributed by atoms with E-state index in [2.05, 4.69) is 10.3 Å².